The van der Waals surface area contributed by atoms with E-state index in [0.717, 1.165) is 5.32 Å². The number of nitrogens with zero attached hydrogens (tertiary/aromatic N) is 1. The highest BCUT2D eigenvalue weighted by atomic mass is 32.2. The van der Waals surface area contributed by atoms with Gasteiger partial charge in [-0.1, -0.05) is 0 Å². The van der Waals surface area contributed by atoms with Crippen molar-refractivity contribution in [3.8, 4) is 0 Å². The Morgan fingerprint density at radius 2 is 1.60 bits per heavy atom. The van der Waals surface area contributed by atoms with Gasteiger partial charge in [0.05, 0.1) is 17.5 Å². The molecule has 0 spiro atoms. The lowest BCUT2D eigenvalue weighted by molar-refractivity contribution is -0.267. The van der Waals surface area contributed by atoms with E-state index in [4.69, 9.17) is 0 Å². The molecular formula is C10H7F8N3O3S. The first kappa shape index (κ1) is 20.9. The number of hydrogen-bond acceptors (Lipinski definition) is 4. The van der Waals surface area contributed by atoms with Crippen molar-refractivity contribution < 1.29 is 48.3 Å². The molecule has 15 heteroatoms. The summed E-state index contributed by atoms with van der Waals surface area (Å²) in [5, 5.41) is 0.894. The number of pyridine rings is 1. The standard InChI is InChI=1S/C10H7F8N3O3S/c1-25(23,24)21-6-5(2-4(3-19-6)9(13,14)15)20-7(22)8(11,12)10(16,17)18/h2-3H,1H3,(H,19,21)(H,20,22). The van der Waals surface area contributed by atoms with Crippen LogP contribution in [0.1, 0.15) is 5.56 Å². The van der Waals surface area contributed by atoms with E-state index in [1.54, 1.807) is 0 Å². The number of carbonyl (C=O) groups is 1. The molecule has 1 heterocycles. The number of aromatic nitrogens is 1. The maximum atomic E-state index is 12.9. The number of carbonyl (C=O) groups excluding carboxylic acids is 1. The molecule has 25 heavy (non-hydrogen) atoms. The highest BCUT2D eigenvalue weighted by molar-refractivity contribution is 7.92. The number of halogens is 8. The summed E-state index contributed by atoms with van der Waals surface area (Å²) in [6.07, 6.45) is -10.8. The van der Waals surface area contributed by atoms with Crippen LogP contribution in [-0.2, 0) is 21.0 Å². The smallest absolute Gasteiger partial charge is 0.317 e. The molecule has 0 fully saturated rings. The van der Waals surface area contributed by atoms with Gasteiger partial charge >= 0.3 is 24.2 Å². The fourth-order valence-corrected chi connectivity index (χ4v) is 1.82. The zero-order valence-corrected chi connectivity index (χ0v) is 12.6. The second-order valence-corrected chi connectivity index (χ2v) is 6.27. The van der Waals surface area contributed by atoms with Gasteiger partial charge in [0, 0.05) is 6.20 Å². The lowest BCUT2D eigenvalue weighted by Crippen LogP contribution is -2.47. The third-order valence-electron chi connectivity index (χ3n) is 2.39. The van der Waals surface area contributed by atoms with Crippen LogP contribution in [0, 0.1) is 0 Å². The summed E-state index contributed by atoms with van der Waals surface area (Å²) in [6, 6.07) is -0.0507. The van der Waals surface area contributed by atoms with Gasteiger partial charge in [0.15, 0.2) is 5.82 Å². The molecule has 2 N–H and O–H groups in total. The Bertz CT molecular complexity index is 773. The van der Waals surface area contributed by atoms with Crippen molar-refractivity contribution in [2.24, 2.45) is 0 Å². The number of sulfonamides is 1. The van der Waals surface area contributed by atoms with E-state index in [9.17, 15) is 48.3 Å². The topological polar surface area (TPSA) is 88.2 Å². The van der Waals surface area contributed by atoms with Crippen molar-refractivity contribution in [2.75, 3.05) is 16.3 Å². The van der Waals surface area contributed by atoms with E-state index < -0.39 is 51.3 Å². The summed E-state index contributed by atoms with van der Waals surface area (Å²) in [6.45, 7) is 0. The Morgan fingerprint density at radius 3 is 2.00 bits per heavy atom. The number of anilines is 2. The van der Waals surface area contributed by atoms with Gasteiger partial charge in [-0.05, 0) is 6.07 Å². The van der Waals surface area contributed by atoms with Crippen molar-refractivity contribution in [3.63, 3.8) is 0 Å². The molecule has 0 bridgehead atoms. The van der Waals surface area contributed by atoms with Crippen molar-refractivity contribution >= 4 is 27.4 Å². The monoisotopic (exact) mass is 401 g/mol. The first-order chi connectivity index (χ1) is 10.9. The molecule has 0 aliphatic carbocycles. The Kier molecular flexibility index (Phi) is 5.23. The van der Waals surface area contributed by atoms with E-state index in [1.807, 2.05) is 0 Å². The van der Waals surface area contributed by atoms with Crippen LogP contribution < -0.4 is 10.0 Å². The summed E-state index contributed by atoms with van der Waals surface area (Å²) >= 11 is 0. The third-order valence-corrected chi connectivity index (χ3v) is 2.95. The average Bonchev–Trinajstić information content (AvgIpc) is 2.36. The predicted octanol–water partition coefficient (Wildman–Crippen LogP) is 2.61. The fourth-order valence-electron chi connectivity index (χ4n) is 1.30. The normalized spacial score (nSPS) is 13.5. The molecule has 0 saturated heterocycles. The number of amides is 1. The Balaban J connectivity index is 3.37. The molecular weight excluding hydrogens is 394 g/mol. The SMILES string of the molecule is CS(=O)(=O)Nc1ncc(C(F)(F)F)cc1NC(=O)C(F)(F)C(F)(F)F. The molecule has 1 aromatic heterocycles. The minimum absolute atomic E-state index is 0.0507. The first-order valence-electron chi connectivity index (χ1n) is 5.76. The van der Waals surface area contributed by atoms with Gasteiger partial charge in [-0.2, -0.15) is 35.1 Å². The molecule has 6 nitrogen and oxygen atoms in total. The van der Waals surface area contributed by atoms with Crippen LogP contribution in [0.2, 0.25) is 0 Å². The second kappa shape index (κ2) is 6.27. The second-order valence-electron chi connectivity index (χ2n) is 4.52. The van der Waals surface area contributed by atoms with Crippen molar-refractivity contribution in [1.29, 1.82) is 0 Å². The highest BCUT2D eigenvalue weighted by Crippen LogP contribution is 2.38. The number of rotatable bonds is 4. The Morgan fingerprint density at radius 1 is 1.08 bits per heavy atom. The largest absolute Gasteiger partial charge is 0.463 e. The van der Waals surface area contributed by atoms with Crippen LogP contribution in [0.25, 0.3) is 0 Å². The summed E-state index contributed by atoms with van der Waals surface area (Å²) < 4.78 is 123. The van der Waals surface area contributed by atoms with Crippen LogP contribution in [0.4, 0.5) is 46.6 Å². The average molecular weight is 401 g/mol. The quantitative estimate of drug-likeness (QED) is 0.760. The van der Waals surface area contributed by atoms with Crippen LogP contribution in [0.5, 0.6) is 0 Å². The van der Waals surface area contributed by atoms with E-state index in [0.29, 0.717) is 6.26 Å². The molecule has 0 unspecified atom stereocenters. The molecule has 1 amide bonds. The number of hydrogen-bond donors (Lipinski definition) is 2. The maximum absolute atomic E-state index is 12.9. The molecule has 0 saturated carbocycles. The van der Waals surface area contributed by atoms with Gasteiger partial charge in [-0.25, -0.2) is 13.4 Å². The summed E-state index contributed by atoms with van der Waals surface area (Å²) in [5.41, 5.74) is -2.97. The zero-order valence-electron chi connectivity index (χ0n) is 11.8. The number of nitrogens with one attached hydrogen (secondary N) is 2. The fraction of sp³-hybridized carbons (Fsp3) is 0.400. The van der Waals surface area contributed by atoms with Crippen molar-refractivity contribution in [2.45, 2.75) is 18.3 Å². The molecule has 0 atom stereocenters. The Labute approximate surface area is 134 Å². The van der Waals surface area contributed by atoms with E-state index in [2.05, 4.69) is 4.98 Å². The van der Waals surface area contributed by atoms with E-state index in [-0.39, 0.29) is 12.3 Å². The zero-order chi connectivity index (χ0) is 19.8. The Hall–Kier alpha value is -2.19. The minimum atomic E-state index is -6.32. The molecule has 1 rings (SSSR count). The third kappa shape index (κ3) is 5.14. The molecule has 0 aliphatic heterocycles. The summed E-state index contributed by atoms with van der Waals surface area (Å²) in [5.74, 6) is -10.0. The molecule has 0 aromatic carbocycles. The molecule has 0 radical (unpaired) electrons. The van der Waals surface area contributed by atoms with Gasteiger partial charge < -0.3 is 5.32 Å². The number of alkyl halides is 8. The van der Waals surface area contributed by atoms with Gasteiger partial charge in [0.25, 0.3) is 0 Å². The summed E-state index contributed by atoms with van der Waals surface area (Å²) in [7, 11) is -4.20. The van der Waals surface area contributed by atoms with Gasteiger partial charge in [-0.3, -0.25) is 9.52 Å². The van der Waals surface area contributed by atoms with E-state index >= 15 is 0 Å². The van der Waals surface area contributed by atoms with Crippen LogP contribution in [0.3, 0.4) is 0 Å². The minimum Gasteiger partial charge on any atom is -0.317 e. The van der Waals surface area contributed by atoms with Crippen molar-refractivity contribution in [1.82, 2.24) is 4.98 Å². The van der Waals surface area contributed by atoms with Gasteiger partial charge in [0.1, 0.15) is 0 Å². The highest BCUT2D eigenvalue weighted by Gasteiger charge is 2.63. The summed E-state index contributed by atoms with van der Waals surface area (Å²) in [4.78, 5) is 14.1. The van der Waals surface area contributed by atoms with Crippen LogP contribution in [0.15, 0.2) is 12.3 Å². The van der Waals surface area contributed by atoms with E-state index in [1.165, 1.54) is 4.72 Å². The molecule has 0 aliphatic rings. The van der Waals surface area contributed by atoms with Crippen LogP contribution >= 0.6 is 0 Å². The lowest BCUT2D eigenvalue weighted by Gasteiger charge is -2.20. The van der Waals surface area contributed by atoms with Crippen molar-refractivity contribution in [3.05, 3.63) is 17.8 Å². The van der Waals surface area contributed by atoms with Gasteiger partial charge in [-0.15, -0.1) is 0 Å². The molecule has 1 aromatic rings. The maximum Gasteiger partial charge on any atom is 0.463 e. The van der Waals surface area contributed by atoms with Crippen LogP contribution in [-0.4, -0.2) is 37.7 Å². The first-order valence-corrected chi connectivity index (χ1v) is 7.65. The molecule has 142 valence electrons. The van der Waals surface area contributed by atoms with Gasteiger partial charge in [0.2, 0.25) is 10.0 Å². The predicted molar refractivity (Wildman–Crippen MR) is 67.3 cm³/mol. The lowest BCUT2D eigenvalue weighted by atomic mass is 10.2.